The van der Waals surface area contributed by atoms with E-state index in [1.165, 1.54) is 0 Å². The zero-order chi connectivity index (χ0) is 26.7. The SMILES string of the molecule is CCC(=O)OCC(=O)C1(OC(=O)CC)[C@@H](C)C[C@H]2[C@@H]3CCC4=CC(=O)CC[C@]4(C)[C@@]3(Cl)[C@@H](O)C[C@@]21C. The number of ketones is 2. The van der Waals surface area contributed by atoms with Gasteiger partial charge in [-0.3, -0.25) is 19.2 Å². The first kappa shape index (κ1) is 27.3. The lowest BCUT2D eigenvalue weighted by molar-refractivity contribution is -0.204. The van der Waals surface area contributed by atoms with Crippen molar-refractivity contribution >= 4 is 35.1 Å². The first-order valence-electron chi connectivity index (χ1n) is 13.3. The molecule has 0 radical (unpaired) electrons. The van der Waals surface area contributed by atoms with E-state index in [1.54, 1.807) is 19.9 Å². The average molecular weight is 523 g/mol. The highest BCUT2D eigenvalue weighted by atomic mass is 35.5. The van der Waals surface area contributed by atoms with Gasteiger partial charge < -0.3 is 14.6 Å². The van der Waals surface area contributed by atoms with E-state index < -0.39 is 51.7 Å². The number of rotatable bonds is 6. The Labute approximate surface area is 218 Å². The van der Waals surface area contributed by atoms with Gasteiger partial charge in [0.25, 0.3) is 0 Å². The van der Waals surface area contributed by atoms with Gasteiger partial charge >= 0.3 is 11.9 Å². The normalized spacial score (nSPS) is 43.5. The molecule has 200 valence electrons. The summed E-state index contributed by atoms with van der Waals surface area (Å²) in [5, 5.41) is 11.8. The van der Waals surface area contributed by atoms with E-state index in [4.69, 9.17) is 21.1 Å². The summed E-state index contributed by atoms with van der Waals surface area (Å²) in [7, 11) is 0. The minimum atomic E-state index is -1.53. The van der Waals surface area contributed by atoms with Crippen molar-refractivity contribution in [1.82, 2.24) is 0 Å². The molecular weight excluding hydrogens is 484 g/mol. The molecule has 0 saturated heterocycles. The lowest BCUT2D eigenvalue weighted by Crippen LogP contribution is -2.70. The summed E-state index contributed by atoms with van der Waals surface area (Å²) < 4.78 is 11.3. The molecule has 0 heterocycles. The second-order valence-electron chi connectivity index (χ2n) is 11.8. The zero-order valence-electron chi connectivity index (χ0n) is 22.0. The van der Waals surface area contributed by atoms with E-state index in [0.29, 0.717) is 32.1 Å². The van der Waals surface area contributed by atoms with Crippen LogP contribution in [0.15, 0.2) is 11.6 Å². The number of aliphatic hydroxyl groups is 1. The maximum Gasteiger partial charge on any atom is 0.306 e. The van der Waals surface area contributed by atoms with Crippen LogP contribution in [0.5, 0.6) is 0 Å². The number of carbonyl (C=O) groups is 4. The fraction of sp³-hybridized carbons (Fsp3) is 0.786. The number of ether oxygens (including phenoxy) is 2. The Morgan fingerprint density at radius 2 is 1.78 bits per heavy atom. The molecule has 3 fully saturated rings. The van der Waals surface area contributed by atoms with Crippen LogP contribution < -0.4 is 0 Å². The van der Waals surface area contributed by atoms with E-state index >= 15 is 0 Å². The number of hydrogen-bond donors (Lipinski definition) is 1. The third-order valence-electron chi connectivity index (χ3n) is 10.2. The molecule has 1 N–H and O–H groups in total. The number of Topliss-reactive ketones (excluding diaryl/α,β-unsaturated/α-hetero) is 1. The van der Waals surface area contributed by atoms with Gasteiger partial charge in [-0.1, -0.05) is 40.2 Å². The summed E-state index contributed by atoms with van der Waals surface area (Å²) in [6.07, 6.45) is 4.10. The number of esters is 2. The highest BCUT2D eigenvalue weighted by molar-refractivity contribution is 6.26. The van der Waals surface area contributed by atoms with Crippen LogP contribution in [0.3, 0.4) is 0 Å². The van der Waals surface area contributed by atoms with Crippen molar-refractivity contribution in [2.45, 2.75) is 103 Å². The summed E-state index contributed by atoms with van der Waals surface area (Å²) in [5.41, 5.74) is -1.96. The molecule has 4 aliphatic carbocycles. The van der Waals surface area contributed by atoms with Gasteiger partial charge in [0, 0.05) is 36.0 Å². The molecule has 8 heteroatoms. The predicted octanol–water partition coefficient (Wildman–Crippen LogP) is 4.31. The van der Waals surface area contributed by atoms with Crippen LogP contribution in [-0.2, 0) is 28.7 Å². The fourth-order valence-corrected chi connectivity index (χ4v) is 8.92. The lowest BCUT2D eigenvalue weighted by atomic mass is 9.44. The van der Waals surface area contributed by atoms with E-state index in [2.05, 4.69) is 6.92 Å². The zero-order valence-corrected chi connectivity index (χ0v) is 22.8. The van der Waals surface area contributed by atoms with Gasteiger partial charge in [0.15, 0.2) is 18.0 Å². The molecule has 7 nitrogen and oxygen atoms in total. The predicted molar refractivity (Wildman–Crippen MR) is 133 cm³/mol. The van der Waals surface area contributed by atoms with Crippen molar-refractivity contribution in [2.24, 2.45) is 28.6 Å². The van der Waals surface area contributed by atoms with Crippen molar-refractivity contribution in [3.63, 3.8) is 0 Å². The Morgan fingerprint density at radius 1 is 1.11 bits per heavy atom. The largest absolute Gasteiger partial charge is 0.457 e. The summed E-state index contributed by atoms with van der Waals surface area (Å²) in [5.74, 6) is -1.92. The Bertz CT molecular complexity index is 1010. The number of fused-ring (bicyclic) bond motifs is 5. The second kappa shape index (κ2) is 9.23. The molecule has 0 amide bonds. The summed E-state index contributed by atoms with van der Waals surface area (Å²) >= 11 is 7.53. The molecule has 4 rings (SSSR count). The number of aliphatic hydroxyl groups excluding tert-OH is 1. The maximum atomic E-state index is 13.9. The van der Waals surface area contributed by atoms with Crippen molar-refractivity contribution < 1.29 is 33.8 Å². The van der Waals surface area contributed by atoms with Crippen molar-refractivity contribution in [3.8, 4) is 0 Å². The molecule has 0 aliphatic heterocycles. The molecule has 0 bridgehead atoms. The van der Waals surface area contributed by atoms with Crippen LogP contribution >= 0.6 is 11.6 Å². The Kier molecular flexibility index (Phi) is 7.00. The molecule has 3 saturated carbocycles. The molecule has 0 aromatic rings. The van der Waals surface area contributed by atoms with E-state index in [1.807, 2.05) is 13.8 Å². The maximum absolute atomic E-state index is 13.9. The molecule has 1 unspecified atom stereocenters. The number of halogens is 1. The first-order chi connectivity index (χ1) is 16.8. The van der Waals surface area contributed by atoms with Gasteiger partial charge in [-0.15, -0.1) is 11.6 Å². The number of allylic oxidation sites excluding steroid dienone is 1. The quantitative estimate of drug-likeness (QED) is 0.409. The van der Waals surface area contributed by atoms with E-state index in [-0.39, 0.29) is 42.8 Å². The number of alkyl halides is 1. The average Bonchev–Trinajstić information content (AvgIpc) is 3.05. The van der Waals surface area contributed by atoms with Crippen LogP contribution in [0.4, 0.5) is 0 Å². The Balaban J connectivity index is 1.79. The molecule has 36 heavy (non-hydrogen) atoms. The van der Waals surface area contributed by atoms with Crippen LogP contribution in [0.1, 0.15) is 86.0 Å². The highest BCUT2D eigenvalue weighted by Crippen LogP contribution is 2.72. The molecule has 0 spiro atoms. The third kappa shape index (κ3) is 3.55. The standard InChI is InChI=1S/C28H39ClO7/c1-6-23(33)35-15-22(32)28(36-24(34)7-2)16(3)12-20-19-9-8-17-13-18(30)10-11-25(17,4)27(19,29)21(31)14-26(20,28)5/h13,16,19-21,31H,6-12,14-15H2,1-5H3/t16-,19-,20-,21-,25-,26-,27-,28?/m0/s1. The van der Waals surface area contributed by atoms with E-state index in [0.717, 1.165) is 5.57 Å². The minimum absolute atomic E-state index is 0.0973. The van der Waals surface area contributed by atoms with Crippen LogP contribution in [0.25, 0.3) is 0 Å². The Hall–Kier alpha value is -1.73. The van der Waals surface area contributed by atoms with Gasteiger partial charge in [-0.2, -0.15) is 0 Å². The van der Waals surface area contributed by atoms with Crippen LogP contribution in [-0.4, -0.2) is 51.8 Å². The van der Waals surface area contributed by atoms with Gasteiger partial charge in [0.2, 0.25) is 5.78 Å². The van der Waals surface area contributed by atoms with Crippen molar-refractivity contribution in [3.05, 3.63) is 11.6 Å². The molecule has 0 aromatic heterocycles. The van der Waals surface area contributed by atoms with Gasteiger partial charge in [-0.25, -0.2) is 0 Å². The number of carbonyl (C=O) groups excluding carboxylic acids is 4. The van der Waals surface area contributed by atoms with Crippen molar-refractivity contribution in [2.75, 3.05) is 6.61 Å². The minimum Gasteiger partial charge on any atom is -0.457 e. The smallest absolute Gasteiger partial charge is 0.306 e. The topological polar surface area (TPSA) is 107 Å². The van der Waals surface area contributed by atoms with E-state index in [9.17, 15) is 24.3 Å². The van der Waals surface area contributed by atoms with Gasteiger partial charge in [-0.05, 0) is 50.0 Å². The third-order valence-corrected chi connectivity index (χ3v) is 11.2. The lowest BCUT2D eigenvalue weighted by Gasteiger charge is -2.65. The van der Waals surface area contributed by atoms with Gasteiger partial charge in [0.1, 0.15) is 0 Å². The van der Waals surface area contributed by atoms with Crippen LogP contribution in [0, 0.1) is 28.6 Å². The Morgan fingerprint density at radius 3 is 2.42 bits per heavy atom. The van der Waals surface area contributed by atoms with Gasteiger partial charge in [0.05, 0.1) is 11.0 Å². The molecule has 0 aromatic carbocycles. The molecular formula is C28H39ClO7. The summed E-state index contributed by atoms with van der Waals surface area (Å²) in [4.78, 5) is 49.7. The molecule has 8 atom stereocenters. The molecule has 4 aliphatic rings. The number of hydrogen-bond acceptors (Lipinski definition) is 7. The first-order valence-corrected chi connectivity index (χ1v) is 13.7. The second-order valence-corrected chi connectivity index (χ2v) is 12.4. The summed E-state index contributed by atoms with van der Waals surface area (Å²) in [6, 6.07) is 0. The fourth-order valence-electron chi connectivity index (χ4n) is 8.37. The summed E-state index contributed by atoms with van der Waals surface area (Å²) in [6.45, 7) is 8.75. The van der Waals surface area contributed by atoms with Crippen LogP contribution in [0.2, 0.25) is 0 Å². The van der Waals surface area contributed by atoms with Crippen molar-refractivity contribution in [1.29, 1.82) is 0 Å². The monoisotopic (exact) mass is 522 g/mol. The highest BCUT2D eigenvalue weighted by Gasteiger charge is 2.76.